The second-order valence-corrected chi connectivity index (χ2v) is 4.79. The Balaban J connectivity index is 2.53. The SMILES string of the molecule is CCNC(CC)CCc1ccc(F)cc1Br. The van der Waals surface area contributed by atoms with Crippen molar-refractivity contribution in [3.63, 3.8) is 0 Å². The van der Waals surface area contributed by atoms with Crippen molar-refractivity contribution in [3.8, 4) is 0 Å². The van der Waals surface area contributed by atoms with E-state index in [4.69, 9.17) is 0 Å². The first kappa shape index (κ1) is 13.7. The van der Waals surface area contributed by atoms with Gasteiger partial charge in [0.1, 0.15) is 5.82 Å². The largest absolute Gasteiger partial charge is 0.314 e. The minimum Gasteiger partial charge on any atom is -0.314 e. The Bertz CT molecular complexity index is 328. The highest BCUT2D eigenvalue weighted by Crippen LogP contribution is 2.20. The predicted octanol–water partition coefficient (Wildman–Crippen LogP) is 3.91. The van der Waals surface area contributed by atoms with E-state index in [-0.39, 0.29) is 5.82 Å². The van der Waals surface area contributed by atoms with Gasteiger partial charge < -0.3 is 5.32 Å². The molecule has 1 rings (SSSR count). The van der Waals surface area contributed by atoms with Crippen LogP contribution >= 0.6 is 15.9 Å². The Kier molecular flexibility index (Phi) is 5.99. The average Bonchev–Trinajstić information content (AvgIpc) is 2.26. The summed E-state index contributed by atoms with van der Waals surface area (Å²) in [5.41, 5.74) is 1.18. The minimum absolute atomic E-state index is 0.186. The molecule has 0 aliphatic rings. The van der Waals surface area contributed by atoms with E-state index in [2.05, 4.69) is 35.1 Å². The molecule has 16 heavy (non-hydrogen) atoms. The van der Waals surface area contributed by atoms with Crippen LogP contribution in [0.25, 0.3) is 0 Å². The smallest absolute Gasteiger partial charge is 0.124 e. The average molecular weight is 288 g/mol. The molecule has 0 saturated heterocycles. The Morgan fingerprint density at radius 3 is 2.69 bits per heavy atom. The van der Waals surface area contributed by atoms with Gasteiger partial charge in [0.2, 0.25) is 0 Å². The normalized spacial score (nSPS) is 12.8. The summed E-state index contributed by atoms with van der Waals surface area (Å²) in [7, 11) is 0. The lowest BCUT2D eigenvalue weighted by atomic mass is 10.0. The molecular formula is C13H19BrFN. The fourth-order valence-electron chi connectivity index (χ4n) is 1.79. The van der Waals surface area contributed by atoms with Crippen LogP contribution in [0.5, 0.6) is 0 Å². The summed E-state index contributed by atoms with van der Waals surface area (Å²) in [6.07, 6.45) is 3.20. The van der Waals surface area contributed by atoms with Crippen molar-refractivity contribution in [2.75, 3.05) is 6.54 Å². The summed E-state index contributed by atoms with van der Waals surface area (Å²) in [4.78, 5) is 0. The quantitative estimate of drug-likeness (QED) is 0.837. The van der Waals surface area contributed by atoms with E-state index in [9.17, 15) is 4.39 Å². The van der Waals surface area contributed by atoms with Gasteiger partial charge in [0, 0.05) is 10.5 Å². The Hall–Kier alpha value is -0.410. The molecule has 0 fully saturated rings. The third kappa shape index (κ3) is 4.22. The number of aryl methyl sites for hydroxylation is 1. The second-order valence-electron chi connectivity index (χ2n) is 3.94. The standard InChI is InChI=1S/C13H19BrFN/c1-3-12(16-4-2)8-6-10-5-7-11(15)9-13(10)14/h5,7,9,12,16H,3-4,6,8H2,1-2H3. The first-order valence-corrected chi connectivity index (χ1v) is 6.64. The number of nitrogens with one attached hydrogen (secondary N) is 1. The molecule has 1 aromatic carbocycles. The molecule has 1 unspecified atom stereocenters. The van der Waals surface area contributed by atoms with Gasteiger partial charge >= 0.3 is 0 Å². The van der Waals surface area contributed by atoms with Crippen LogP contribution in [0.3, 0.4) is 0 Å². The van der Waals surface area contributed by atoms with Crippen molar-refractivity contribution in [2.45, 2.75) is 39.2 Å². The number of hydrogen-bond acceptors (Lipinski definition) is 1. The molecule has 1 atom stereocenters. The summed E-state index contributed by atoms with van der Waals surface area (Å²) in [6, 6.07) is 5.47. The molecule has 0 amide bonds. The zero-order chi connectivity index (χ0) is 12.0. The molecule has 1 N–H and O–H groups in total. The van der Waals surface area contributed by atoms with Gasteiger partial charge in [0.05, 0.1) is 0 Å². The van der Waals surface area contributed by atoms with Crippen LogP contribution in [0.1, 0.15) is 32.3 Å². The molecule has 0 aliphatic carbocycles. The van der Waals surface area contributed by atoms with Crippen LogP contribution in [0.4, 0.5) is 4.39 Å². The van der Waals surface area contributed by atoms with Crippen molar-refractivity contribution < 1.29 is 4.39 Å². The summed E-state index contributed by atoms with van der Waals surface area (Å²) in [6.45, 7) is 5.31. The maximum Gasteiger partial charge on any atom is 0.124 e. The van der Waals surface area contributed by atoms with Crippen LogP contribution in [-0.4, -0.2) is 12.6 Å². The molecule has 0 saturated carbocycles. The van der Waals surface area contributed by atoms with Crippen LogP contribution in [0.2, 0.25) is 0 Å². The minimum atomic E-state index is -0.186. The summed E-state index contributed by atoms with van der Waals surface area (Å²) in [5, 5.41) is 3.44. The van der Waals surface area contributed by atoms with Crippen LogP contribution in [-0.2, 0) is 6.42 Å². The van der Waals surface area contributed by atoms with Gasteiger partial charge in [0.15, 0.2) is 0 Å². The molecule has 0 spiro atoms. The molecule has 1 aromatic rings. The summed E-state index contributed by atoms with van der Waals surface area (Å²) < 4.78 is 13.8. The lowest BCUT2D eigenvalue weighted by Gasteiger charge is -2.15. The van der Waals surface area contributed by atoms with Gasteiger partial charge in [-0.2, -0.15) is 0 Å². The van der Waals surface area contributed by atoms with E-state index < -0.39 is 0 Å². The van der Waals surface area contributed by atoms with Gasteiger partial charge in [-0.25, -0.2) is 4.39 Å². The van der Waals surface area contributed by atoms with Gasteiger partial charge in [-0.3, -0.25) is 0 Å². The first-order valence-electron chi connectivity index (χ1n) is 5.84. The van der Waals surface area contributed by atoms with Crippen LogP contribution in [0, 0.1) is 5.82 Å². The highest BCUT2D eigenvalue weighted by molar-refractivity contribution is 9.10. The molecule has 1 nitrogen and oxygen atoms in total. The zero-order valence-corrected chi connectivity index (χ0v) is 11.5. The maximum absolute atomic E-state index is 12.9. The second kappa shape index (κ2) is 7.02. The van der Waals surface area contributed by atoms with E-state index in [0.717, 1.165) is 30.3 Å². The highest BCUT2D eigenvalue weighted by Gasteiger charge is 2.07. The van der Waals surface area contributed by atoms with E-state index in [0.29, 0.717) is 6.04 Å². The maximum atomic E-state index is 12.9. The summed E-state index contributed by atoms with van der Waals surface area (Å²) in [5.74, 6) is -0.186. The van der Waals surface area contributed by atoms with Crippen molar-refractivity contribution >= 4 is 15.9 Å². The lowest BCUT2D eigenvalue weighted by Crippen LogP contribution is -2.28. The Morgan fingerprint density at radius 2 is 2.12 bits per heavy atom. The number of hydrogen-bond donors (Lipinski definition) is 1. The number of rotatable bonds is 6. The monoisotopic (exact) mass is 287 g/mol. The van der Waals surface area contributed by atoms with Crippen LogP contribution in [0.15, 0.2) is 22.7 Å². The molecule has 0 aromatic heterocycles. The van der Waals surface area contributed by atoms with Gasteiger partial charge in [-0.15, -0.1) is 0 Å². The molecule has 90 valence electrons. The first-order chi connectivity index (χ1) is 7.67. The third-order valence-electron chi connectivity index (χ3n) is 2.76. The molecule has 0 aliphatic heterocycles. The van der Waals surface area contributed by atoms with Crippen LogP contribution < -0.4 is 5.32 Å². The van der Waals surface area contributed by atoms with Crippen molar-refractivity contribution in [1.82, 2.24) is 5.32 Å². The van der Waals surface area contributed by atoms with E-state index >= 15 is 0 Å². The van der Waals surface area contributed by atoms with Crippen molar-refractivity contribution in [2.24, 2.45) is 0 Å². The topological polar surface area (TPSA) is 12.0 Å². The lowest BCUT2D eigenvalue weighted by molar-refractivity contribution is 0.480. The predicted molar refractivity (Wildman–Crippen MR) is 70.2 cm³/mol. The van der Waals surface area contributed by atoms with E-state index in [1.807, 2.05) is 6.07 Å². The van der Waals surface area contributed by atoms with Gasteiger partial charge in [0.25, 0.3) is 0 Å². The Morgan fingerprint density at radius 1 is 1.38 bits per heavy atom. The van der Waals surface area contributed by atoms with Gasteiger partial charge in [-0.1, -0.05) is 35.8 Å². The van der Waals surface area contributed by atoms with E-state index in [1.165, 1.54) is 17.7 Å². The molecular weight excluding hydrogens is 269 g/mol. The number of halogens is 2. The summed E-state index contributed by atoms with van der Waals surface area (Å²) >= 11 is 3.40. The zero-order valence-electron chi connectivity index (χ0n) is 9.89. The van der Waals surface area contributed by atoms with Crippen molar-refractivity contribution in [1.29, 1.82) is 0 Å². The Labute approximate surface area is 106 Å². The molecule has 3 heteroatoms. The van der Waals surface area contributed by atoms with E-state index in [1.54, 1.807) is 0 Å². The van der Waals surface area contributed by atoms with Gasteiger partial charge in [-0.05, 0) is 43.5 Å². The molecule has 0 bridgehead atoms. The highest BCUT2D eigenvalue weighted by atomic mass is 79.9. The van der Waals surface area contributed by atoms with Crippen molar-refractivity contribution in [3.05, 3.63) is 34.1 Å². The number of benzene rings is 1. The fourth-order valence-corrected chi connectivity index (χ4v) is 2.34. The molecule has 0 radical (unpaired) electrons. The molecule has 0 heterocycles. The third-order valence-corrected chi connectivity index (χ3v) is 3.50. The fraction of sp³-hybridized carbons (Fsp3) is 0.538.